The molecule has 3 aromatic rings. The van der Waals surface area contributed by atoms with Crippen LogP contribution in [0, 0.1) is 10.1 Å². The molecule has 0 saturated carbocycles. The van der Waals surface area contributed by atoms with Gasteiger partial charge in [-0.05, 0) is 42.5 Å². The maximum atomic E-state index is 12.5. The molecular weight excluding hydrogens is 418 g/mol. The van der Waals surface area contributed by atoms with E-state index in [0.29, 0.717) is 5.75 Å². The zero-order chi connectivity index (χ0) is 23.1. The lowest BCUT2D eigenvalue weighted by Gasteiger charge is -2.08. The Morgan fingerprint density at radius 1 is 1.09 bits per heavy atom. The molecule has 162 valence electrons. The summed E-state index contributed by atoms with van der Waals surface area (Å²) >= 11 is 0. The third-order valence-electron chi connectivity index (χ3n) is 4.25. The highest BCUT2D eigenvalue weighted by Gasteiger charge is 2.16. The standard InChI is InChI=1S/C22H17N3O7/c1-31-17-9-6-14(7-10-17)22(28)32-20-11-8-16(25(29)30)12-15(20)13-23-24-21(27)18-4-2-3-5-19(18)26/h2-13,26H,1H3,(H,24,27)/b23-13+. The number of hydrazone groups is 1. The van der Waals surface area contributed by atoms with Crippen molar-refractivity contribution >= 4 is 23.8 Å². The maximum absolute atomic E-state index is 12.5. The Labute approximate surface area is 181 Å². The average molecular weight is 435 g/mol. The number of methoxy groups -OCH3 is 1. The highest BCUT2D eigenvalue weighted by Crippen LogP contribution is 2.24. The van der Waals surface area contributed by atoms with Crippen molar-refractivity contribution < 1.29 is 29.1 Å². The largest absolute Gasteiger partial charge is 0.507 e. The highest BCUT2D eigenvalue weighted by molar-refractivity contribution is 5.98. The molecule has 0 aliphatic carbocycles. The number of para-hydroxylation sites is 1. The molecular formula is C22H17N3O7. The van der Waals surface area contributed by atoms with E-state index in [1.54, 1.807) is 24.3 Å². The van der Waals surface area contributed by atoms with E-state index < -0.39 is 16.8 Å². The fourth-order valence-electron chi connectivity index (χ4n) is 2.62. The van der Waals surface area contributed by atoms with Gasteiger partial charge in [-0.25, -0.2) is 10.2 Å². The summed E-state index contributed by atoms with van der Waals surface area (Å²) in [5.74, 6) is -1.07. The first kappa shape index (κ1) is 22.0. The number of nitrogens with one attached hydrogen (secondary N) is 1. The third kappa shape index (κ3) is 5.25. The van der Waals surface area contributed by atoms with Crippen LogP contribution < -0.4 is 14.9 Å². The van der Waals surface area contributed by atoms with Crippen molar-refractivity contribution in [1.29, 1.82) is 0 Å². The molecule has 0 spiro atoms. The van der Waals surface area contributed by atoms with Crippen LogP contribution in [0.4, 0.5) is 5.69 Å². The Morgan fingerprint density at radius 2 is 1.81 bits per heavy atom. The molecule has 0 atom stereocenters. The summed E-state index contributed by atoms with van der Waals surface area (Å²) in [4.78, 5) is 35.1. The number of nitro groups is 1. The predicted octanol–water partition coefficient (Wildman–Crippen LogP) is 3.29. The number of hydrogen-bond donors (Lipinski definition) is 2. The van der Waals surface area contributed by atoms with Crippen molar-refractivity contribution in [2.75, 3.05) is 7.11 Å². The van der Waals surface area contributed by atoms with E-state index in [1.165, 1.54) is 43.5 Å². The second-order valence-corrected chi connectivity index (χ2v) is 6.31. The minimum absolute atomic E-state index is 0.00280. The first-order valence-corrected chi connectivity index (χ1v) is 9.15. The number of phenolic OH excluding ortho intramolecular Hbond substituents is 1. The lowest BCUT2D eigenvalue weighted by atomic mass is 10.2. The monoisotopic (exact) mass is 435 g/mol. The van der Waals surface area contributed by atoms with E-state index in [9.17, 15) is 24.8 Å². The molecule has 3 rings (SSSR count). The zero-order valence-electron chi connectivity index (χ0n) is 16.7. The van der Waals surface area contributed by atoms with Gasteiger partial charge < -0.3 is 14.6 Å². The minimum atomic E-state index is -0.700. The van der Waals surface area contributed by atoms with Crippen molar-refractivity contribution in [2.24, 2.45) is 5.10 Å². The van der Waals surface area contributed by atoms with Gasteiger partial charge in [-0.3, -0.25) is 14.9 Å². The number of benzene rings is 3. The number of hydrogen-bond acceptors (Lipinski definition) is 8. The van der Waals surface area contributed by atoms with E-state index in [1.807, 2.05) is 0 Å². The second kappa shape index (κ2) is 9.85. The molecule has 10 nitrogen and oxygen atoms in total. The van der Waals surface area contributed by atoms with Gasteiger partial charge in [0.05, 0.1) is 29.4 Å². The van der Waals surface area contributed by atoms with Gasteiger partial charge in [-0.1, -0.05) is 12.1 Å². The molecule has 0 aliphatic heterocycles. The average Bonchev–Trinajstić information content (AvgIpc) is 2.80. The highest BCUT2D eigenvalue weighted by atomic mass is 16.6. The third-order valence-corrected chi connectivity index (χ3v) is 4.25. The molecule has 0 heterocycles. The van der Waals surface area contributed by atoms with E-state index in [2.05, 4.69) is 10.5 Å². The van der Waals surface area contributed by atoms with Crippen LogP contribution >= 0.6 is 0 Å². The minimum Gasteiger partial charge on any atom is -0.507 e. The molecule has 10 heteroatoms. The summed E-state index contributed by atoms with van der Waals surface area (Å²) < 4.78 is 10.4. The summed E-state index contributed by atoms with van der Waals surface area (Å²) in [5, 5.41) is 24.6. The van der Waals surface area contributed by atoms with Gasteiger partial charge in [0.1, 0.15) is 17.2 Å². The lowest BCUT2D eigenvalue weighted by Crippen LogP contribution is -2.18. The van der Waals surface area contributed by atoms with Crippen LogP contribution in [0.15, 0.2) is 71.8 Å². The van der Waals surface area contributed by atoms with E-state index in [0.717, 1.165) is 12.3 Å². The number of aromatic hydroxyl groups is 1. The molecule has 0 saturated heterocycles. The Hall–Kier alpha value is -4.73. The summed E-state index contributed by atoms with van der Waals surface area (Å²) in [7, 11) is 1.49. The molecule has 1 amide bonds. The number of phenols is 1. The molecule has 0 aliphatic rings. The normalized spacial score (nSPS) is 10.5. The SMILES string of the molecule is COc1ccc(C(=O)Oc2ccc([N+](=O)[O-])cc2/C=N/NC(=O)c2ccccc2O)cc1. The van der Waals surface area contributed by atoms with Crippen molar-refractivity contribution in [3.63, 3.8) is 0 Å². The number of carbonyl (C=O) groups excluding carboxylic acids is 2. The smallest absolute Gasteiger partial charge is 0.343 e. The fraction of sp³-hybridized carbons (Fsp3) is 0.0455. The number of esters is 1. The van der Waals surface area contributed by atoms with E-state index >= 15 is 0 Å². The number of nitrogens with zero attached hydrogens (tertiary/aromatic N) is 2. The maximum Gasteiger partial charge on any atom is 0.343 e. The summed E-state index contributed by atoms with van der Waals surface area (Å²) in [6, 6.07) is 15.6. The molecule has 0 fully saturated rings. The number of non-ortho nitro benzene ring substituents is 1. The van der Waals surface area contributed by atoms with Crippen molar-refractivity contribution in [3.8, 4) is 17.2 Å². The predicted molar refractivity (Wildman–Crippen MR) is 114 cm³/mol. The zero-order valence-corrected chi connectivity index (χ0v) is 16.7. The Bertz CT molecular complexity index is 1190. The quantitative estimate of drug-likeness (QED) is 0.191. The van der Waals surface area contributed by atoms with Crippen LogP contribution in [-0.2, 0) is 0 Å². The van der Waals surface area contributed by atoms with Crippen LogP contribution in [0.25, 0.3) is 0 Å². The number of nitro benzene ring substituents is 1. The van der Waals surface area contributed by atoms with Gasteiger partial charge >= 0.3 is 5.97 Å². The summed E-state index contributed by atoms with van der Waals surface area (Å²) in [6.45, 7) is 0. The van der Waals surface area contributed by atoms with Crippen LogP contribution in [0.3, 0.4) is 0 Å². The fourth-order valence-corrected chi connectivity index (χ4v) is 2.62. The lowest BCUT2D eigenvalue weighted by molar-refractivity contribution is -0.384. The topological polar surface area (TPSA) is 140 Å². The van der Waals surface area contributed by atoms with Crippen LogP contribution in [-0.4, -0.2) is 35.2 Å². The Balaban J connectivity index is 1.81. The van der Waals surface area contributed by atoms with Crippen LogP contribution in [0.5, 0.6) is 17.2 Å². The van der Waals surface area contributed by atoms with E-state index in [-0.39, 0.29) is 33.9 Å². The van der Waals surface area contributed by atoms with Crippen molar-refractivity contribution in [1.82, 2.24) is 5.43 Å². The van der Waals surface area contributed by atoms with Gasteiger partial charge in [0.25, 0.3) is 11.6 Å². The molecule has 0 radical (unpaired) electrons. The van der Waals surface area contributed by atoms with Crippen LogP contribution in [0.1, 0.15) is 26.3 Å². The second-order valence-electron chi connectivity index (χ2n) is 6.31. The van der Waals surface area contributed by atoms with Gasteiger partial charge in [0.2, 0.25) is 0 Å². The van der Waals surface area contributed by atoms with Crippen molar-refractivity contribution in [3.05, 3.63) is 93.5 Å². The Kier molecular flexibility index (Phi) is 6.76. The molecule has 32 heavy (non-hydrogen) atoms. The van der Waals surface area contributed by atoms with Gasteiger partial charge in [-0.2, -0.15) is 5.10 Å². The molecule has 0 bridgehead atoms. The molecule has 0 aromatic heterocycles. The first-order valence-electron chi connectivity index (χ1n) is 9.15. The van der Waals surface area contributed by atoms with Crippen LogP contribution in [0.2, 0.25) is 0 Å². The first-order chi connectivity index (χ1) is 15.4. The molecule has 3 aromatic carbocycles. The van der Waals surface area contributed by atoms with Gasteiger partial charge in [-0.15, -0.1) is 0 Å². The summed E-state index contributed by atoms with van der Waals surface area (Å²) in [5.41, 5.74) is 2.26. The number of amides is 1. The summed E-state index contributed by atoms with van der Waals surface area (Å²) in [6.07, 6.45) is 1.10. The van der Waals surface area contributed by atoms with E-state index in [4.69, 9.17) is 9.47 Å². The number of ether oxygens (including phenoxy) is 2. The van der Waals surface area contributed by atoms with Crippen molar-refractivity contribution in [2.45, 2.75) is 0 Å². The molecule has 0 unspecified atom stereocenters. The number of rotatable bonds is 7. The van der Waals surface area contributed by atoms with Gasteiger partial charge in [0.15, 0.2) is 0 Å². The van der Waals surface area contributed by atoms with Gasteiger partial charge in [0, 0.05) is 17.7 Å². The number of carbonyl (C=O) groups is 2. The Morgan fingerprint density at radius 3 is 2.47 bits per heavy atom. The molecule has 2 N–H and O–H groups in total.